The highest BCUT2D eigenvalue weighted by atomic mass is 19.1. The van der Waals surface area contributed by atoms with Crippen molar-refractivity contribution in [1.82, 2.24) is 20.7 Å². The van der Waals surface area contributed by atoms with E-state index in [0.717, 1.165) is 28.4 Å². The molecule has 0 saturated carbocycles. The Morgan fingerprint density at radius 3 is 2.73 bits per heavy atom. The van der Waals surface area contributed by atoms with Gasteiger partial charge in [0, 0.05) is 30.2 Å². The van der Waals surface area contributed by atoms with E-state index in [1.165, 1.54) is 12.1 Å². The molecule has 0 bridgehead atoms. The topological polar surface area (TPSA) is 52.6 Å². The summed E-state index contributed by atoms with van der Waals surface area (Å²) in [6.45, 7) is 4.60. The summed E-state index contributed by atoms with van der Waals surface area (Å²) in [6, 6.07) is 12.4. The van der Waals surface area contributed by atoms with Crippen LogP contribution in [-0.2, 0) is 6.54 Å². The largest absolute Gasteiger partial charge is 0.289 e. The van der Waals surface area contributed by atoms with Crippen LogP contribution in [0.2, 0.25) is 0 Å². The first-order valence-electron chi connectivity index (χ1n) is 8.51. The Kier molecular flexibility index (Phi) is 4.14. The minimum Gasteiger partial charge on any atom is -0.289 e. The lowest BCUT2D eigenvalue weighted by atomic mass is 9.94. The van der Waals surface area contributed by atoms with Crippen LogP contribution in [0, 0.1) is 5.82 Å². The second-order valence-corrected chi connectivity index (χ2v) is 6.56. The zero-order valence-electron chi connectivity index (χ0n) is 14.7. The standard InChI is InChI=1S/C20H20FN5/c1-14-10-12-26-19(24-14)18(15-6-8-16(21)9-7-15)20(2,25-26)23-13-17-5-3-4-11-22-17/h3-12,23,25H,13H2,1-2H3. The lowest BCUT2D eigenvalue weighted by Gasteiger charge is -2.30. The summed E-state index contributed by atoms with van der Waals surface area (Å²) in [5.74, 6) is 0.557. The first-order chi connectivity index (χ1) is 12.5. The number of hydrogen-bond acceptors (Lipinski definition) is 5. The van der Waals surface area contributed by atoms with E-state index in [-0.39, 0.29) is 5.82 Å². The van der Waals surface area contributed by atoms with Gasteiger partial charge in [-0.1, -0.05) is 18.2 Å². The summed E-state index contributed by atoms with van der Waals surface area (Å²) >= 11 is 0. The van der Waals surface area contributed by atoms with Crippen molar-refractivity contribution >= 4 is 11.3 Å². The molecule has 26 heavy (non-hydrogen) atoms. The summed E-state index contributed by atoms with van der Waals surface area (Å²) in [5, 5.41) is 5.44. The van der Waals surface area contributed by atoms with Gasteiger partial charge in [-0.15, -0.1) is 0 Å². The quantitative estimate of drug-likeness (QED) is 0.890. The van der Waals surface area contributed by atoms with Gasteiger partial charge in [0.25, 0.3) is 0 Å². The van der Waals surface area contributed by atoms with E-state index in [2.05, 4.69) is 22.7 Å². The van der Waals surface area contributed by atoms with Gasteiger partial charge in [-0.2, -0.15) is 0 Å². The summed E-state index contributed by atoms with van der Waals surface area (Å²) < 4.78 is 13.4. The van der Waals surface area contributed by atoms with Gasteiger partial charge < -0.3 is 0 Å². The van der Waals surface area contributed by atoms with Gasteiger partial charge in [0.15, 0.2) is 5.82 Å². The first-order valence-corrected chi connectivity index (χ1v) is 8.51. The fourth-order valence-corrected chi connectivity index (χ4v) is 3.23. The number of halogens is 1. The molecule has 0 radical (unpaired) electrons. The molecule has 3 heterocycles. The molecule has 2 aromatic rings. The second kappa shape index (κ2) is 6.48. The molecule has 1 aromatic carbocycles. The maximum Gasteiger partial charge on any atom is 0.154 e. The minimum atomic E-state index is -0.580. The van der Waals surface area contributed by atoms with Gasteiger partial charge in [0.2, 0.25) is 0 Å². The van der Waals surface area contributed by atoms with Crippen molar-refractivity contribution in [3.8, 4) is 0 Å². The molecule has 0 aliphatic carbocycles. The van der Waals surface area contributed by atoms with Crippen LogP contribution >= 0.6 is 0 Å². The molecule has 1 unspecified atom stereocenters. The van der Waals surface area contributed by atoms with Crippen LogP contribution in [0.25, 0.3) is 5.57 Å². The molecule has 0 fully saturated rings. The van der Waals surface area contributed by atoms with Crippen molar-refractivity contribution in [1.29, 1.82) is 0 Å². The van der Waals surface area contributed by atoms with Crippen molar-refractivity contribution in [2.75, 3.05) is 0 Å². The van der Waals surface area contributed by atoms with Crippen molar-refractivity contribution in [3.05, 3.63) is 83.8 Å². The number of aliphatic imine (C=N–C) groups is 1. The van der Waals surface area contributed by atoms with Crippen LogP contribution in [0.15, 0.2) is 71.8 Å². The van der Waals surface area contributed by atoms with E-state index >= 15 is 0 Å². The summed E-state index contributed by atoms with van der Waals surface area (Å²) in [6.07, 6.45) is 5.68. The van der Waals surface area contributed by atoms with E-state index in [1.54, 1.807) is 18.3 Å². The molecule has 2 aliphatic heterocycles. The molecule has 2 aliphatic rings. The van der Waals surface area contributed by atoms with Crippen LogP contribution in [0.4, 0.5) is 4.39 Å². The normalized spacial score (nSPS) is 21.8. The number of pyridine rings is 1. The van der Waals surface area contributed by atoms with Gasteiger partial charge in [-0.3, -0.25) is 15.3 Å². The van der Waals surface area contributed by atoms with E-state index < -0.39 is 5.66 Å². The number of benzene rings is 1. The number of rotatable bonds is 4. The van der Waals surface area contributed by atoms with Crippen LogP contribution in [0.3, 0.4) is 0 Å². The average Bonchev–Trinajstić information content (AvgIpc) is 2.94. The number of fused-ring (bicyclic) bond motifs is 1. The highest BCUT2D eigenvalue weighted by molar-refractivity contribution is 5.95. The molecule has 0 saturated heterocycles. The molecule has 6 heteroatoms. The number of allylic oxidation sites excluding steroid dienone is 1. The Hall–Kier alpha value is -2.83. The van der Waals surface area contributed by atoms with Crippen LogP contribution < -0.4 is 10.7 Å². The van der Waals surface area contributed by atoms with Crippen LogP contribution in [0.5, 0.6) is 0 Å². The smallest absolute Gasteiger partial charge is 0.154 e. The van der Waals surface area contributed by atoms with Crippen LogP contribution in [-0.4, -0.2) is 21.4 Å². The zero-order valence-corrected chi connectivity index (χ0v) is 14.7. The predicted molar refractivity (Wildman–Crippen MR) is 100 cm³/mol. The van der Waals surface area contributed by atoms with Crippen molar-refractivity contribution < 1.29 is 4.39 Å². The van der Waals surface area contributed by atoms with Crippen LogP contribution in [0.1, 0.15) is 25.1 Å². The second-order valence-electron chi connectivity index (χ2n) is 6.56. The molecule has 4 rings (SSSR count). The number of nitrogens with zero attached hydrogens (tertiary/aromatic N) is 3. The molecule has 5 nitrogen and oxygen atoms in total. The third-order valence-electron chi connectivity index (χ3n) is 4.53. The highest BCUT2D eigenvalue weighted by Crippen LogP contribution is 2.37. The Bertz CT molecular complexity index is 902. The fraction of sp³-hybridized carbons (Fsp3) is 0.200. The first kappa shape index (κ1) is 16.6. The summed E-state index contributed by atoms with van der Waals surface area (Å²) in [5.41, 5.74) is 6.63. The molecule has 1 atom stereocenters. The van der Waals surface area contributed by atoms with Gasteiger partial charge in [-0.05, 0) is 49.8 Å². The SMILES string of the molecule is CC1=NC2=C(c3ccc(F)cc3)C(C)(NCc3ccccn3)NN2C=C1. The molecule has 0 spiro atoms. The Labute approximate surface area is 151 Å². The van der Waals surface area contributed by atoms with Crippen molar-refractivity contribution in [2.45, 2.75) is 26.1 Å². The van der Waals surface area contributed by atoms with E-state index in [1.807, 2.05) is 42.4 Å². The van der Waals surface area contributed by atoms with Crippen molar-refractivity contribution in [3.63, 3.8) is 0 Å². The van der Waals surface area contributed by atoms with E-state index in [0.29, 0.717) is 6.54 Å². The molecule has 132 valence electrons. The number of nitrogens with one attached hydrogen (secondary N) is 2. The average molecular weight is 349 g/mol. The van der Waals surface area contributed by atoms with E-state index in [9.17, 15) is 4.39 Å². The molecule has 2 N–H and O–H groups in total. The molecule has 1 aromatic heterocycles. The fourth-order valence-electron chi connectivity index (χ4n) is 3.23. The van der Waals surface area contributed by atoms with Gasteiger partial charge in [0.1, 0.15) is 11.5 Å². The molecule has 0 amide bonds. The maximum absolute atomic E-state index is 13.4. The van der Waals surface area contributed by atoms with Gasteiger partial charge >= 0.3 is 0 Å². The zero-order chi connectivity index (χ0) is 18.1. The molecular weight excluding hydrogens is 329 g/mol. The highest BCUT2D eigenvalue weighted by Gasteiger charge is 2.41. The number of aromatic nitrogens is 1. The predicted octanol–water partition coefficient (Wildman–Crippen LogP) is 3.20. The molecular formula is C20H20FN5. The number of hydrogen-bond donors (Lipinski definition) is 2. The maximum atomic E-state index is 13.4. The van der Waals surface area contributed by atoms with Gasteiger partial charge in [0.05, 0.1) is 5.69 Å². The van der Waals surface area contributed by atoms with Gasteiger partial charge in [-0.25, -0.2) is 14.8 Å². The summed E-state index contributed by atoms with van der Waals surface area (Å²) in [4.78, 5) is 9.07. The van der Waals surface area contributed by atoms with Crippen molar-refractivity contribution in [2.24, 2.45) is 4.99 Å². The lowest BCUT2D eigenvalue weighted by molar-refractivity contribution is 0.243. The third-order valence-corrected chi connectivity index (χ3v) is 4.53. The lowest BCUT2D eigenvalue weighted by Crippen LogP contribution is -2.54. The summed E-state index contributed by atoms with van der Waals surface area (Å²) in [7, 11) is 0. The minimum absolute atomic E-state index is 0.256. The Morgan fingerprint density at radius 2 is 2.00 bits per heavy atom. The monoisotopic (exact) mass is 349 g/mol. The Morgan fingerprint density at radius 1 is 1.19 bits per heavy atom. The Balaban J connectivity index is 1.73. The number of hydrazine groups is 1. The third kappa shape index (κ3) is 3.05. The van der Waals surface area contributed by atoms with E-state index in [4.69, 9.17) is 4.99 Å².